The number of para-hydroxylation sites is 1. The smallest absolute Gasteiger partial charge is 0.144 e. The number of benzene rings is 1. The van der Waals surface area contributed by atoms with E-state index in [4.69, 9.17) is 5.26 Å². The molecule has 0 aliphatic rings. The zero-order valence-electron chi connectivity index (χ0n) is 11.7. The molecule has 0 unspecified atom stereocenters. The Labute approximate surface area is 127 Å². The van der Waals surface area contributed by atoms with Crippen LogP contribution < -0.4 is 5.32 Å². The Morgan fingerprint density at radius 3 is 2.55 bits per heavy atom. The second-order valence-corrected chi connectivity index (χ2v) is 6.44. The summed E-state index contributed by atoms with van der Waals surface area (Å²) in [5, 5.41) is 12.2. The molecule has 1 heterocycles. The molecule has 0 saturated carbocycles. The molecule has 0 atom stereocenters. The van der Waals surface area contributed by atoms with Crippen molar-refractivity contribution in [1.82, 2.24) is 4.98 Å². The van der Waals surface area contributed by atoms with Gasteiger partial charge in [-0.3, -0.25) is 0 Å². The number of nitrogens with zero attached hydrogens (tertiary/aromatic N) is 2. The van der Waals surface area contributed by atoms with Gasteiger partial charge in [-0.15, -0.1) is 0 Å². The van der Waals surface area contributed by atoms with E-state index in [9.17, 15) is 0 Å². The maximum Gasteiger partial charge on any atom is 0.144 e. The van der Waals surface area contributed by atoms with E-state index in [1.165, 1.54) is 5.56 Å². The van der Waals surface area contributed by atoms with Crippen LogP contribution >= 0.6 is 15.9 Å². The molecule has 0 bridgehead atoms. The maximum absolute atomic E-state index is 8.86. The molecule has 1 aromatic heterocycles. The predicted octanol–water partition coefficient (Wildman–Crippen LogP) is 4.76. The standard InChI is InChI=1S/C16H16BrN3/c1-16(2,3)12-6-4-5-7-14(12)20-15-13(17)8-11(9-18)10-19-15/h4-8,10H,1-3H3,(H,19,20). The minimum absolute atomic E-state index is 0.0443. The van der Waals surface area contributed by atoms with Gasteiger partial charge in [0, 0.05) is 11.9 Å². The lowest BCUT2D eigenvalue weighted by molar-refractivity contribution is 0.592. The van der Waals surface area contributed by atoms with E-state index in [1.807, 2.05) is 18.2 Å². The van der Waals surface area contributed by atoms with Gasteiger partial charge in [0.1, 0.15) is 11.9 Å². The zero-order chi connectivity index (χ0) is 14.8. The molecule has 2 aromatic rings. The first-order valence-corrected chi connectivity index (χ1v) is 7.13. The van der Waals surface area contributed by atoms with Crippen molar-refractivity contribution in [3.63, 3.8) is 0 Å². The monoisotopic (exact) mass is 329 g/mol. The summed E-state index contributed by atoms with van der Waals surface area (Å²) < 4.78 is 0.778. The van der Waals surface area contributed by atoms with Crippen molar-refractivity contribution in [3.8, 4) is 6.07 Å². The Bertz CT molecular complexity index is 666. The molecule has 0 aliphatic carbocycles. The van der Waals surface area contributed by atoms with Gasteiger partial charge in [0.15, 0.2) is 0 Å². The highest BCUT2D eigenvalue weighted by Gasteiger charge is 2.18. The Balaban J connectivity index is 2.39. The summed E-state index contributed by atoms with van der Waals surface area (Å²) in [6, 6.07) is 12.0. The normalized spacial score (nSPS) is 10.9. The van der Waals surface area contributed by atoms with Crippen LogP contribution in [0.3, 0.4) is 0 Å². The highest BCUT2D eigenvalue weighted by molar-refractivity contribution is 9.10. The number of pyridine rings is 1. The fourth-order valence-corrected chi connectivity index (χ4v) is 2.41. The fourth-order valence-electron chi connectivity index (χ4n) is 1.96. The van der Waals surface area contributed by atoms with Crippen LogP contribution in [0.2, 0.25) is 0 Å². The van der Waals surface area contributed by atoms with Crippen LogP contribution in [-0.4, -0.2) is 4.98 Å². The maximum atomic E-state index is 8.86. The van der Waals surface area contributed by atoms with E-state index >= 15 is 0 Å². The van der Waals surface area contributed by atoms with E-state index in [1.54, 1.807) is 12.3 Å². The Hall–Kier alpha value is -1.86. The lowest BCUT2D eigenvalue weighted by Crippen LogP contribution is -2.13. The Kier molecular flexibility index (Phi) is 4.10. The van der Waals surface area contributed by atoms with Gasteiger partial charge in [-0.05, 0) is 39.0 Å². The van der Waals surface area contributed by atoms with E-state index in [0.29, 0.717) is 11.4 Å². The summed E-state index contributed by atoms with van der Waals surface area (Å²) in [5.41, 5.74) is 2.82. The van der Waals surface area contributed by atoms with Gasteiger partial charge in [0.2, 0.25) is 0 Å². The van der Waals surface area contributed by atoms with Crippen molar-refractivity contribution in [1.29, 1.82) is 5.26 Å². The molecule has 1 aromatic carbocycles. The largest absolute Gasteiger partial charge is 0.339 e. The summed E-state index contributed by atoms with van der Waals surface area (Å²) in [4.78, 5) is 4.29. The molecule has 3 nitrogen and oxygen atoms in total. The third kappa shape index (κ3) is 3.17. The first-order valence-electron chi connectivity index (χ1n) is 6.34. The van der Waals surface area contributed by atoms with Crippen molar-refractivity contribution in [3.05, 3.63) is 52.1 Å². The highest BCUT2D eigenvalue weighted by Crippen LogP contribution is 2.32. The molecule has 4 heteroatoms. The minimum atomic E-state index is 0.0443. The summed E-state index contributed by atoms with van der Waals surface area (Å²) in [6.07, 6.45) is 1.56. The average molecular weight is 330 g/mol. The number of anilines is 2. The fraction of sp³-hybridized carbons (Fsp3) is 0.250. The molecule has 0 aliphatic heterocycles. The molecular weight excluding hydrogens is 314 g/mol. The topological polar surface area (TPSA) is 48.7 Å². The first-order chi connectivity index (χ1) is 9.41. The van der Waals surface area contributed by atoms with Crippen LogP contribution in [0.15, 0.2) is 41.0 Å². The van der Waals surface area contributed by atoms with Crippen molar-refractivity contribution in [2.24, 2.45) is 0 Å². The molecule has 102 valence electrons. The summed E-state index contributed by atoms with van der Waals surface area (Å²) in [6.45, 7) is 6.53. The van der Waals surface area contributed by atoms with E-state index in [0.717, 1.165) is 10.2 Å². The van der Waals surface area contributed by atoms with Gasteiger partial charge in [-0.25, -0.2) is 4.98 Å². The number of nitriles is 1. The molecule has 2 rings (SSSR count). The highest BCUT2D eigenvalue weighted by atomic mass is 79.9. The third-order valence-electron chi connectivity index (χ3n) is 2.96. The molecule has 0 radical (unpaired) electrons. The minimum Gasteiger partial charge on any atom is -0.339 e. The predicted molar refractivity (Wildman–Crippen MR) is 85.1 cm³/mol. The van der Waals surface area contributed by atoms with Gasteiger partial charge >= 0.3 is 0 Å². The quantitative estimate of drug-likeness (QED) is 0.864. The van der Waals surface area contributed by atoms with E-state index in [2.05, 4.69) is 59.1 Å². The molecule has 0 spiro atoms. The average Bonchev–Trinajstić information content (AvgIpc) is 2.40. The number of hydrogen-bond acceptors (Lipinski definition) is 3. The SMILES string of the molecule is CC(C)(C)c1ccccc1Nc1ncc(C#N)cc1Br. The molecule has 0 amide bonds. The van der Waals surface area contributed by atoms with Gasteiger partial charge in [-0.1, -0.05) is 39.0 Å². The summed E-state index contributed by atoms with van der Waals surface area (Å²) in [7, 11) is 0. The first kappa shape index (κ1) is 14.5. The van der Waals surface area contributed by atoms with Crippen molar-refractivity contribution >= 4 is 27.4 Å². The number of rotatable bonds is 2. The third-order valence-corrected chi connectivity index (χ3v) is 3.56. The van der Waals surface area contributed by atoms with Gasteiger partial charge in [0.25, 0.3) is 0 Å². The van der Waals surface area contributed by atoms with Crippen LogP contribution in [0, 0.1) is 11.3 Å². The lowest BCUT2D eigenvalue weighted by atomic mass is 9.86. The van der Waals surface area contributed by atoms with Gasteiger partial charge in [-0.2, -0.15) is 5.26 Å². The van der Waals surface area contributed by atoms with Crippen molar-refractivity contribution in [2.75, 3.05) is 5.32 Å². The lowest BCUT2D eigenvalue weighted by Gasteiger charge is -2.23. The molecule has 20 heavy (non-hydrogen) atoms. The van der Waals surface area contributed by atoms with E-state index < -0.39 is 0 Å². The van der Waals surface area contributed by atoms with Crippen LogP contribution in [-0.2, 0) is 5.41 Å². The molecule has 0 fully saturated rings. The van der Waals surface area contributed by atoms with Crippen molar-refractivity contribution in [2.45, 2.75) is 26.2 Å². The second-order valence-electron chi connectivity index (χ2n) is 5.59. The Morgan fingerprint density at radius 2 is 1.95 bits per heavy atom. The summed E-state index contributed by atoms with van der Waals surface area (Å²) >= 11 is 3.44. The zero-order valence-corrected chi connectivity index (χ0v) is 13.3. The van der Waals surface area contributed by atoms with Crippen LogP contribution in [0.25, 0.3) is 0 Å². The number of aromatic nitrogens is 1. The van der Waals surface area contributed by atoms with Gasteiger partial charge in [0.05, 0.1) is 10.0 Å². The van der Waals surface area contributed by atoms with Crippen molar-refractivity contribution < 1.29 is 0 Å². The van der Waals surface area contributed by atoms with Crippen LogP contribution in [0.4, 0.5) is 11.5 Å². The van der Waals surface area contributed by atoms with Crippen LogP contribution in [0.5, 0.6) is 0 Å². The second kappa shape index (κ2) is 5.64. The van der Waals surface area contributed by atoms with Gasteiger partial charge < -0.3 is 5.32 Å². The molecular formula is C16H16BrN3. The Morgan fingerprint density at radius 1 is 1.25 bits per heavy atom. The molecule has 1 N–H and O–H groups in total. The number of halogens is 1. The molecule has 0 saturated heterocycles. The van der Waals surface area contributed by atoms with E-state index in [-0.39, 0.29) is 5.41 Å². The number of nitrogens with one attached hydrogen (secondary N) is 1. The van der Waals surface area contributed by atoms with Crippen LogP contribution in [0.1, 0.15) is 31.9 Å². The summed E-state index contributed by atoms with van der Waals surface area (Å²) in [5.74, 6) is 0.709. The number of hydrogen-bond donors (Lipinski definition) is 1.